The maximum Gasteiger partial charge on any atom is 0.138 e. The molecule has 1 aliphatic carbocycles. The molecule has 4 heteroatoms. The van der Waals surface area contributed by atoms with E-state index in [2.05, 4.69) is 146 Å². The topological polar surface area (TPSA) is 41.9 Å². The fourth-order valence-corrected chi connectivity index (χ4v) is 7.31. The summed E-state index contributed by atoms with van der Waals surface area (Å²) in [6.45, 7) is 4.66. The molecule has 4 nitrogen and oxygen atoms in total. The van der Waals surface area contributed by atoms with Crippen LogP contribution in [0.1, 0.15) is 36.1 Å². The minimum Gasteiger partial charge on any atom is -0.294 e. The summed E-state index contributed by atoms with van der Waals surface area (Å²) in [5.74, 6) is 0.860. The Morgan fingerprint density at radius 1 is 0.522 bits per heavy atom. The van der Waals surface area contributed by atoms with Crippen molar-refractivity contribution in [2.24, 2.45) is 0 Å². The molecule has 218 valence electrons. The number of hydrogen-bond donors (Lipinski definition) is 0. The molecule has 0 saturated carbocycles. The molecule has 0 radical (unpaired) electrons. The van der Waals surface area contributed by atoms with Crippen LogP contribution in [-0.2, 0) is 5.41 Å². The number of pyridine rings is 3. The third-order valence-electron chi connectivity index (χ3n) is 9.48. The summed E-state index contributed by atoms with van der Waals surface area (Å²) in [4.78, 5) is 17.4. The van der Waals surface area contributed by atoms with Gasteiger partial charge in [0.15, 0.2) is 0 Å². The first-order valence-corrected chi connectivity index (χ1v) is 15.7. The highest BCUT2D eigenvalue weighted by Gasteiger charge is 2.43. The Morgan fingerprint density at radius 2 is 1.17 bits per heavy atom. The van der Waals surface area contributed by atoms with E-state index in [-0.39, 0.29) is 5.41 Å². The summed E-state index contributed by atoms with van der Waals surface area (Å²) in [5.41, 5.74) is 15.4. The third-order valence-corrected chi connectivity index (χ3v) is 9.48. The Hall–Kier alpha value is -5.87. The molecule has 0 N–H and O–H groups in total. The third kappa shape index (κ3) is 3.97. The van der Waals surface area contributed by atoms with Crippen molar-refractivity contribution in [3.05, 3.63) is 168 Å². The van der Waals surface area contributed by atoms with Crippen LogP contribution in [-0.4, -0.2) is 15.0 Å². The maximum absolute atomic E-state index is 5.29. The zero-order valence-electron chi connectivity index (χ0n) is 25.6. The van der Waals surface area contributed by atoms with Gasteiger partial charge in [-0.25, -0.2) is 4.98 Å². The van der Waals surface area contributed by atoms with Crippen LogP contribution < -0.4 is 4.90 Å². The molecule has 0 bridgehead atoms. The summed E-state index contributed by atoms with van der Waals surface area (Å²) in [6, 6.07) is 46.9. The molecule has 2 aliphatic rings. The van der Waals surface area contributed by atoms with Crippen LogP contribution in [0.15, 0.2) is 146 Å². The van der Waals surface area contributed by atoms with Crippen molar-refractivity contribution in [1.82, 2.24) is 15.0 Å². The molecule has 0 unspecified atom stereocenters. The number of rotatable bonds is 3. The van der Waals surface area contributed by atoms with Gasteiger partial charge in [0.1, 0.15) is 5.82 Å². The first-order valence-electron chi connectivity index (χ1n) is 15.7. The molecule has 7 aromatic rings. The molecule has 4 heterocycles. The number of anilines is 3. The summed E-state index contributed by atoms with van der Waals surface area (Å²) >= 11 is 0. The van der Waals surface area contributed by atoms with Gasteiger partial charge >= 0.3 is 0 Å². The second-order valence-corrected chi connectivity index (χ2v) is 12.5. The summed E-state index contributed by atoms with van der Waals surface area (Å²) in [7, 11) is 0. The molecule has 0 saturated heterocycles. The van der Waals surface area contributed by atoms with Crippen LogP contribution in [0.3, 0.4) is 0 Å². The average Bonchev–Trinajstić information content (AvgIpc) is 3.25. The van der Waals surface area contributed by atoms with E-state index in [0.717, 1.165) is 50.6 Å². The largest absolute Gasteiger partial charge is 0.294 e. The van der Waals surface area contributed by atoms with E-state index in [4.69, 9.17) is 15.0 Å². The fourth-order valence-electron chi connectivity index (χ4n) is 7.31. The summed E-state index contributed by atoms with van der Waals surface area (Å²) in [5, 5.41) is 0. The molecule has 46 heavy (non-hydrogen) atoms. The Balaban J connectivity index is 1.28. The zero-order valence-corrected chi connectivity index (χ0v) is 25.6. The van der Waals surface area contributed by atoms with Gasteiger partial charge in [-0.15, -0.1) is 0 Å². The van der Waals surface area contributed by atoms with Crippen molar-refractivity contribution >= 4 is 39.4 Å². The quantitative estimate of drug-likeness (QED) is 0.205. The number of nitrogens with zero attached hydrogens (tertiary/aromatic N) is 4. The molecule has 0 spiro atoms. The molecular formula is C42H30N4. The first kappa shape index (κ1) is 26.5. The second kappa shape index (κ2) is 10.1. The number of benzene rings is 4. The van der Waals surface area contributed by atoms with Crippen LogP contribution in [0, 0.1) is 0 Å². The number of hydrogen-bond acceptors (Lipinski definition) is 4. The smallest absolute Gasteiger partial charge is 0.138 e. The maximum atomic E-state index is 5.29. The number of para-hydroxylation sites is 2. The highest BCUT2D eigenvalue weighted by molar-refractivity contribution is 6.14. The minimum atomic E-state index is -0.266. The van der Waals surface area contributed by atoms with Crippen molar-refractivity contribution in [3.8, 4) is 22.4 Å². The van der Waals surface area contributed by atoms with E-state index in [0.29, 0.717) is 0 Å². The van der Waals surface area contributed by atoms with Gasteiger partial charge in [0.25, 0.3) is 0 Å². The Morgan fingerprint density at radius 3 is 1.93 bits per heavy atom. The van der Waals surface area contributed by atoms with Gasteiger partial charge in [-0.2, -0.15) is 0 Å². The van der Waals surface area contributed by atoms with Crippen molar-refractivity contribution < 1.29 is 0 Å². The van der Waals surface area contributed by atoms with Crippen LogP contribution >= 0.6 is 0 Å². The molecule has 4 aromatic carbocycles. The van der Waals surface area contributed by atoms with E-state index < -0.39 is 0 Å². The minimum absolute atomic E-state index is 0.266. The summed E-state index contributed by atoms with van der Waals surface area (Å²) < 4.78 is 0. The van der Waals surface area contributed by atoms with Crippen molar-refractivity contribution in [2.75, 3.05) is 4.90 Å². The van der Waals surface area contributed by atoms with Crippen molar-refractivity contribution in [2.45, 2.75) is 19.3 Å². The molecule has 9 rings (SSSR count). The van der Waals surface area contributed by atoms with Crippen molar-refractivity contribution in [1.29, 1.82) is 0 Å². The van der Waals surface area contributed by atoms with Crippen LogP contribution in [0.5, 0.6) is 0 Å². The highest BCUT2D eigenvalue weighted by atomic mass is 15.2. The predicted molar refractivity (Wildman–Crippen MR) is 188 cm³/mol. The number of fused-ring (bicyclic) bond motifs is 7. The Bertz CT molecular complexity index is 2340. The van der Waals surface area contributed by atoms with E-state index >= 15 is 0 Å². The lowest BCUT2D eigenvalue weighted by Crippen LogP contribution is -2.19. The predicted octanol–water partition coefficient (Wildman–Crippen LogP) is 10.4. The molecular weight excluding hydrogens is 560 g/mol. The van der Waals surface area contributed by atoms with Gasteiger partial charge in [0.2, 0.25) is 0 Å². The van der Waals surface area contributed by atoms with Crippen molar-refractivity contribution in [3.63, 3.8) is 0 Å². The average molecular weight is 591 g/mol. The van der Waals surface area contributed by atoms with Crippen LogP contribution in [0.4, 0.5) is 17.2 Å². The highest BCUT2D eigenvalue weighted by Crippen LogP contribution is 2.59. The van der Waals surface area contributed by atoms with Gasteiger partial charge in [0, 0.05) is 40.1 Å². The fraction of sp³-hybridized carbons (Fsp3) is 0.0714. The van der Waals surface area contributed by atoms with Gasteiger partial charge in [-0.1, -0.05) is 111 Å². The standard InChI is InChI=1S/C42H30N4/c1-42(2)33-26-44-35(28-15-7-4-8-16-28)24-32(33)40-30-17-9-11-19-37(30)46(38-20-12-10-18-31(38)41(40)42)39-22-21-34-36(45-39)23-29(25-43-34)27-13-5-3-6-14-27/h3-26H,1-2H3. The monoisotopic (exact) mass is 590 g/mol. The lowest BCUT2D eigenvalue weighted by atomic mass is 9.78. The SMILES string of the molecule is CC1(C)C2=C(c3ccccc3N(c3ccc4ncc(-c5ccccc5)cc4n3)c3ccccc32)c2cc(-c3ccccc3)ncc21. The van der Waals surface area contributed by atoms with E-state index in [1.54, 1.807) is 0 Å². The first-order chi connectivity index (χ1) is 22.6. The molecule has 0 amide bonds. The Labute approximate surface area is 268 Å². The number of allylic oxidation sites excluding steroid dienone is 1. The van der Waals surface area contributed by atoms with E-state index in [1.165, 1.54) is 33.4 Å². The molecule has 0 fully saturated rings. The lowest BCUT2D eigenvalue weighted by Gasteiger charge is -2.30. The zero-order chi connectivity index (χ0) is 30.8. The normalized spacial score (nSPS) is 14.3. The van der Waals surface area contributed by atoms with Crippen LogP contribution in [0.25, 0.3) is 44.6 Å². The Kier molecular flexibility index (Phi) is 5.81. The van der Waals surface area contributed by atoms with E-state index in [9.17, 15) is 0 Å². The second-order valence-electron chi connectivity index (χ2n) is 12.5. The lowest BCUT2D eigenvalue weighted by molar-refractivity contribution is 0.700. The van der Waals surface area contributed by atoms with Gasteiger partial charge in [-0.05, 0) is 64.2 Å². The van der Waals surface area contributed by atoms with Gasteiger partial charge < -0.3 is 0 Å². The molecule has 3 aromatic heterocycles. The number of aromatic nitrogens is 3. The van der Waals surface area contributed by atoms with E-state index in [1.807, 2.05) is 18.3 Å². The summed E-state index contributed by atoms with van der Waals surface area (Å²) in [6.07, 6.45) is 4.03. The van der Waals surface area contributed by atoms with Gasteiger partial charge in [0.05, 0.1) is 28.1 Å². The van der Waals surface area contributed by atoms with Gasteiger partial charge in [-0.3, -0.25) is 14.9 Å². The molecule has 1 aliphatic heterocycles. The molecule has 0 atom stereocenters. The van der Waals surface area contributed by atoms with Crippen LogP contribution in [0.2, 0.25) is 0 Å².